The molecule has 3 rings (SSSR count). The van der Waals surface area contributed by atoms with Crippen LogP contribution in [0.25, 0.3) is 10.9 Å². The average molecular weight is 269 g/mol. The Hall–Kier alpha value is -1.61. The summed E-state index contributed by atoms with van der Waals surface area (Å²) in [6.45, 7) is 8.67. The Kier molecular flexibility index (Phi) is 3.88. The van der Waals surface area contributed by atoms with Gasteiger partial charge in [0.2, 0.25) is 0 Å². The fourth-order valence-corrected chi connectivity index (χ4v) is 2.93. The van der Waals surface area contributed by atoms with Crippen LogP contribution < -0.4 is 10.2 Å². The first-order valence-corrected chi connectivity index (χ1v) is 7.64. The first-order valence-electron chi connectivity index (χ1n) is 7.64. The maximum atomic E-state index is 4.82. The van der Waals surface area contributed by atoms with Crippen molar-refractivity contribution in [2.45, 2.75) is 26.7 Å². The van der Waals surface area contributed by atoms with Gasteiger partial charge in [0.25, 0.3) is 0 Å². The Morgan fingerprint density at radius 3 is 2.75 bits per heavy atom. The van der Waals surface area contributed by atoms with Gasteiger partial charge in [-0.2, -0.15) is 0 Å². The third-order valence-corrected chi connectivity index (χ3v) is 3.96. The minimum Gasteiger partial charge on any atom is -0.368 e. The smallest absolute Gasteiger partial charge is 0.0726 e. The van der Waals surface area contributed by atoms with Crippen LogP contribution in [-0.2, 0) is 6.42 Å². The van der Waals surface area contributed by atoms with Crippen LogP contribution in [0.4, 0.5) is 5.69 Å². The Bertz CT molecular complexity index is 600. The number of rotatable bonds is 3. The number of nitrogens with one attached hydrogen (secondary N) is 1. The van der Waals surface area contributed by atoms with Gasteiger partial charge in [-0.3, -0.25) is 4.98 Å². The van der Waals surface area contributed by atoms with E-state index in [0.717, 1.165) is 44.5 Å². The zero-order valence-corrected chi connectivity index (χ0v) is 12.4. The number of pyridine rings is 1. The van der Waals surface area contributed by atoms with Crippen LogP contribution in [0.5, 0.6) is 0 Å². The molecule has 106 valence electrons. The average Bonchev–Trinajstić information content (AvgIpc) is 2.48. The molecule has 0 saturated carbocycles. The van der Waals surface area contributed by atoms with Crippen LogP contribution in [0.1, 0.15) is 24.6 Å². The zero-order chi connectivity index (χ0) is 13.9. The number of benzene rings is 1. The quantitative estimate of drug-likeness (QED) is 0.928. The minimum absolute atomic E-state index is 1.06. The summed E-state index contributed by atoms with van der Waals surface area (Å²) in [6.07, 6.45) is 2.20. The lowest BCUT2D eigenvalue weighted by Crippen LogP contribution is -2.43. The van der Waals surface area contributed by atoms with E-state index in [1.165, 1.54) is 22.3 Å². The first-order chi connectivity index (χ1) is 9.78. The standard InChI is InChI=1S/C17H23N3/c1-3-4-14-12-17(20-9-7-18-8-10-20)15-11-13(2)5-6-16(15)19-14/h5-6,11-12,18H,3-4,7-10H2,1-2H3. The van der Waals surface area contributed by atoms with Crippen molar-refractivity contribution in [1.29, 1.82) is 0 Å². The second kappa shape index (κ2) is 5.80. The molecule has 0 aliphatic carbocycles. The molecule has 0 atom stereocenters. The van der Waals surface area contributed by atoms with E-state index in [4.69, 9.17) is 4.98 Å². The molecule has 2 heterocycles. The molecule has 1 N–H and O–H groups in total. The summed E-state index contributed by atoms with van der Waals surface area (Å²) in [5, 5.41) is 4.72. The van der Waals surface area contributed by atoms with E-state index in [-0.39, 0.29) is 0 Å². The predicted octanol–water partition coefficient (Wildman–Crippen LogP) is 2.91. The third-order valence-electron chi connectivity index (χ3n) is 3.96. The molecule has 0 bridgehead atoms. The molecule has 1 aromatic carbocycles. The molecule has 0 spiro atoms. The van der Waals surface area contributed by atoms with E-state index in [1.807, 2.05) is 0 Å². The van der Waals surface area contributed by atoms with E-state index in [2.05, 4.69) is 48.3 Å². The summed E-state index contributed by atoms with van der Waals surface area (Å²) in [5.74, 6) is 0. The summed E-state index contributed by atoms with van der Waals surface area (Å²) in [4.78, 5) is 7.32. The minimum atomic E-state index is 1.06. The lowest BCUT2D eigenvalue weighted by atomic mass is 10.1. The van der Waals surface area contributed by atoms with Crippen LogP contribution in [-0.4, -0.2) is 31.2 Å². The van der Waals surface area contributed by atoms with Crippen molar-refractivity contribution in [3.05, 3.63) is 35.5 Å². The SMILES string of the molecule is CCCc1cc(N2CCNCC2)c2cc(C)ccc2n1. The van der Waals surface area contributed by atoms with Crippen molar-refractivity contribution in [3.8, 4) is 0 Å². The number of hydrogen-bond donors (Lipinski definition) is 1. The molecular formula is C17H23N3. The van der Waals surface area contributed by atoms with Gasteiger partial charge >= 0.3 is 0 Å². The largest absolute Gasteiger partial charge is 0.368 e. The van der Waals surface area contributed by atoms with Gasteiger partial charge in [0.1, 0.15) is 0 Å². The molecule has 20 heavy (non-hydrogen) atoms. The van der Waals surface area contributed by atoms with Crippen LogP contribution in [0, 0.1) is 6.92 Å². The number of nitrogens with zero attached hydrogens (tertiary/aromatic N) is 2. The van der Waals surface area contributed by atoms with Crippen LogP contribution in [0.3, 0.4) is 0 Å². The molecule has 1 aliphatic heterocycles. The van der Waals surface area contributed by atoms with Gasteiger partial charge in [-0.15, -0.1) is 0 Å². The van der Waals surface area contributed by atoms with Gasteiger partial charge in [-0.1, -0.05) is 25.0 Å². The predicted molar refractivity (Wildman–Crippen MR) is 85.6 cm³/mol. The molecule has 2 aromatic rings. The second-order valence-electron chi connectivity index (χ2n) is 5.64. The number of anilines is 1. The van der Waals surface area contributed by atoms with Crippen molar-refractivity contribution < 1.29 is 0 Å². The Balaban J connectivity index is 2.12. The van der Waals surface area contributed by atoms with Crippen molar-refractivity contribution >= 4 is 16.6 Å². The maximum Gasteiger partial charge on any atom is 0.0726 e. The van der Waals surface area contributed by atoms with Gasteiger partial charge < -0.3 is 10.2 Å². The summed E-state index contributed by atoms with van der Waals surface area (Å²) in [6, 6.07) is 8.90. The molecular weight excluding hydrogens is 246 g/mol. The Morgan fingerprint density at radius 1 is 1.20 bits per heavy atom. The van der Waals surface area contributed by atoms with Gasteiger partial charge in [-0.25, -0.2) is 0 Å². The van der Waals surface area contributed by atoms with Gasteiger partial charge in [0.05, 0.1) is 5.52 Å². The summed E-state index contributed by atoms with van der Waals surface area (Å²) < 4.78 is 0. The van der Waals surface area contributed by atoms with Crippen LogP contribution in [0.15, 0.2) is 24.3 Å². The zero-order valence-electron chi connectivity index (χ0n) is 12.4. The molecule has 1 aromatic heterocycles. The highest BCUT2D eigenvalue weighted by Gasteiger charge is 2.15. The Morgan fingerprint density at radius 2 is 2.00 bits per heavy atom. The lowest BCUT2D eigenvalue weighted by molar-refractivity contribution is 0.590. The molecule has 0 radical (unpaired) electrons. The number of fused-ring (bicyclic) bond motifs is 1. The third kappa shape index (κ3) is 2.63. The summed E-state index contributed by atoms with van der Waals surface area (Å²) in [5.41, 5.74) is 5.02. The fourth-order valence-electron chi connectivity index (χ4n) is 2.93. The first kappa shape index (κ1) is 13.4. The topological polar surface area (TPSA) is 28.2 Å². The number of aryl methyl sites for hydroxylation is 2. The van der Waals surface area contributed by atoms with Crippen molar-refractivity contribution in [2.24, 2.45) is 0 Å². The highest BCUT2D eigenvalue weighted by molar-refractivity contribution is 5.92. The second-order valence-corrected chi connectivity index (χ2v) is 5.64. The fraction of sp³-hybridized carbons (Fsp3) is 0.471. The lowest BCUT2D eigenvalue weighted by Gasteiger charge is -2.30. The molecule has 0 unspecified atom stereocenters. The molecule has 1 aliphatic rings. The van der Waals surface area contributed by atoms with E-state index in [0.29, 0.717) is 0 Å². The van der Waals surface area contributed by atoms with E-state index < -0.39 is 0 Å². The Labute approximate surface area is 121 Å². The molecule has 3 nitrogen and oxygen atoms in total. The van der Waals surface area contributed by atoms with Gasteiger partial charge in [0.15, 0.2) is 0 Å². The number of aromatic nitrogens is 1. The van der Waals surface area contributed by atoms with Crippen LogP contribution >= 0.6 is 0 Å². The number of piperazine rings is 1. The monoisotopic (exact) mass is 269 g/mol. The van der Waals surface area contributed by atoms with E-state index >= 15 is 0 Å². The van der Waals surface area contributed by atoms with Gasteiger partial charge in [-0.05, 0) is 31.5 Å². The van der Waals surface area contributed by atoms with Crippen molar-refractivity contribution in [2.75, 3.05) is 31.1 Å². The highest BCUT2D eigenvalue weighted by Crippen LogP contribution is 2.28. The molecule has 0 amide bonds. The van der Waals surface area contributed by atoms with Gasteiger partial charge in [0, 0.05) is 42.9 Å². The molecule has 3 heteroatoms. The summed E-state index contributed by atoms with van der Waals surface area (Å²) in [7, 11) is 0. The number of hydrogen-bond acceptors (Lipinski definition) is 3. The van der Waals surface area contributed by atoms with E-state index in [9.17, 15) is 0 Å². The molecule has 1 fully saturated rings. The van der Waals surface area contributed by atoms with Crippen molar-refractivity contribution in [3.63, 3.8) is 0 Å². The maximum absolute atomic E-state index is 4.82. The molecule has 1 saturated heterocycles. The van der Waals surface area contributed by atoms with E-state index in [1.54, 1.807) is 0 Å². The summed E-state index contributed by atoms with van der Waals surface area (Å²) >= 11 is 0. The van der Waals surface area contributed by atoms with Crippen LogP contribution in [0.2, 0.25) is 0 Å². The normalized spacial score (nSPS) is 15.8. The highest BCUT2D eigenvalue weighted by atomic mass is 15.2. The van der Waals surface area contributed by atoms with Crippen molar-refractivity contribution in [1.82, 2.24) is 10.3 Å².